The molecule has 0 atom stereocenters. The molecule has 9 aromatic carbocycles. The first kappa shape index (κ1) is 38.9. The number of rotatable bonds is 9. The maximum absolute atomic E-state index is 2.53. The van der Waals surface area contributed by atoms with Crippen LogP contribution in [0.2, 0.25) is 0 Å². The van der Waals surface area contributed by atoms with E-state index in [0.29, 0.717) is 11.8 Å². The minimum absolute atomic E-state index is 0.355. The monoisotopic (exact) mass is 811 g/mol. The van der Waals surface area contributed by atoms with Crippen LogP contribution in [0.3, 0.4) is 0 Å². The lowest BCUT2D eigenvalue weighted by atomic mass is 9.67. The average Bonchev–Trinajstić information content (AvgIpc) is 3.65. The molecule has 9 aromatic rings. The smallest absolute Gasteiger partial charge is 0.0714 e. The first-order valence-corrected chi connectivity index (χ1v) is 23.1. The highest BCUT2D eigenvalue weighted by Gasteiger charge is 2.46. The second-order valence-electron chi connectivity index (χ2n) is 18.1. The van der Waals surface area contributed by atoms with Gasteiger partial charge in [0.05, 0.1) is 11.1 Å². The fourth-order valence-electron chi connectivity index (χ4n) is 11.1. The first-order chi connectivity index (χ1) is 31.1. The molecule has 0 amide bonds. The van der Waals surface area contributed by atoms with Crippen LogP contribution in [-0.4, -0.2) is 0 Å². The summed E-state index contributed by atoms with van der Waals surface area (Å²) in [4.78, 5) is 2.53. The quantitative estimate of drug-likeness (QED) is 0.140. The molecule has 11 rings (SSSR count). The first-order valence-electron chi connectivity index (χ1n) is 23.1. The van der Waals surface area contributed by atoms with Gasteiger partial charge in [0.25, 0.3) is 0 Å². The predicted molar refractivity (Wildman–Crippen MR) is 267 cm³/mol. The van der Waals surface area contributed by atoms with Crippen LogP contribution in [0.25, 0.3) is 44.2 Å². The third-order valence-electron chi connectivity index (χ3n) is 14.1. The Balaban J connectivity index is 1.14. The van der Waals surface area contributed by atoms with Crippen LogP contribution < -0.4 is 4.90 Å². The maximum Gasteiger partial charge on any atom is 0.0714 e. The Kier molecular flexibility index (Phi) is 10.1. The van der Waals surface area contributed by atoms with Gasteiger partial charge in [-0.2, -0.15) is 0 Å². The Morgan fingerprint density at radius 1 is 0.429 bits per heavy atom. The largest absolute Gasteiger partial charge is 0.310 e. The van der Waals surface area contributed by atoms with Crippen molar-refractivity contribution in [1.82, 2.24) is 0 Å². The zero-order valence-electron chi connectivity index (χ0n) is 36.3. The van der Waals surface area contributed by atoms with Crippen LogP contribution in [0.5, 0.6) is 0 Å². The normalized spacial score (nSPS) is 14.4. The van der Waals surface area contributed by atoms with E-state index < -0.39 is 5.41 Å². The molecule has 1 nitrogen and oxygen atoms in total. The van der Waals surface area contributed by atoms with E-state index >= 15 is 0 Å². The summed E-state index contributed by atoms with van der Waals surface area (Å²) in [7, 11) is 0. The third kappa shape index (κ3) is 6.79. The molecule has 0 N–H and O–H groups in total. The van der Waals surface area contributed by atoms with Crippen LogP contribution in [0.15, 0.2) is 212 Å². The number of hydrogen-bond acceptors (Lipinski definition) is 1. The van der Waals surface area contributed by atoms with E-state index in [0.717, 1.165) is 17.1 Å². The molecule has 63 heavy (non-hydrogen) atoms. The zero-order chi connectivity index (χ0) is 42.3. The summed E-state index contributed by atoms with van der Waals surface area (Å²) in [5.41, 5.74) is 18.4. The van der Waals surface area contributed by atoms with Crippen molar-refractivity contribution in [2.45, 2.75) is 63.2 Å². The van der Waals surface area contributed by atoms with Crippen molar-refractivity contribution < 1.29 is 0 Å². The van der Waals surface area contributed by atoms with Gasteiger partial charge in [0.1, 0.15) is 0 Å². The SMILES string of the molecule is CC(C)c1ccccc1-c1cc2ccccc2cc1N(c1ccc(-c2ccc(C3CCCCC3)cc2)cc1)c1ccc2c(c1)C(c1ccccc1)(c1ccccc1)c1ccccc1-2. The van der Waals surface area contributed by atoms with Crippen molar-refractivity contribution in [3.63, 3.8) is 0 Å². The minimum Gasteiger partial charge on any atom is -0.310 e. The molecule has 1 fully saturated rings. The molecule has 0 heterocycles. The summed E-state index contributed by atoms with van der Waals surface area (Å²) in [5.74, 6) is 1.05. The summed E-state index contributed by atoms with van der Waals surface area (Å²) < 4.78 is 0. The van der Waals surface area contributed by atoms with Crippen molar-refractivity contribution in [2.75, 3.05) is 4.90 Å². The summed E-state index contributed by atoms with van der Waals surface area (Å²) in [6.07, 6.45) is 6.71. The van der Waals surface area contributed by atoms with Gasteiger partial charge in [-0.25, -0.2) is 0 Å². The van der Waals surface area contributed by atoms with Crippen LogP contribution >= 0.6 is 0 Å². The molecule has 0 aliphatic heterocycles. The molecule has 306 valence electrons. The van der Waals surface area contributed by atoms with E-state index in [9.17, 15) is 0 Å². The molecule has 1 saturated carbocycles. The van der Waals surface area contributed by atoms with E-state index in [4.69, 9.17) is 0 Å². The lowest BCUT2D eigenvalue weighted by Gasteiger charge is -2.35. The molecule has 2 aliphatic carbocycles. The Morgan fingerprint density at radius 3 is 1.63 bits per heavy atom. The Morgan fingerprint density at radius 2 is 0.968 bits per heavy atom. The van der Waals surface area contributed by atoms with Crippen LogP contribution in [0, 0.1) is 0 Å². The van der Waals surface area contributed by atoms with Gasteiger partial charge in [-0.1, -0.05) is 209 Å². The molecule has 0 radical (unpaired) electrons. The van der Waals surface area contributed by atoms with Gasteiger partial charge in [0.2, 0.25) is 0 Å². The van der Waals surface area contributed by atoms with Crippen LogP contribution in [-0.2, 0) is 5.41 Å². The van der Waals surface area contributed by atoms with E-state index in [1.165, 1.54) is 110 Å². The van der Waals surface area contributed by atoms with E-state index in [2.05, 4.69) is 231 Å². The summed E-state index contributed by atoms with van der Waals surface area (Å²) in [5, 5.41) is 2.45. The Labute approximate surface area is 373 Å². The number of benzene rings is 9. The third-order valence-corrected chi connectivity index (χ3v) is 14.1. The molecule has 0 spiro atoms. The topological polar surface area (TPSA) is 3.24 Å². The second-order valence-corrected chi connectivity index (χ2v) is 18.1. The van der Waals surface area contributed by atoms with Crippen molar-refractivity contribution in [3.8, 4) is 33.4 Å². The standard InChI is InChI=1S/C62H53N/c1-43(2)54-26-14-15-27-55(54)58-40-48-20-12-13-21-49(48)41-61(58)63(52-36-34-47(35-37-52)46-32-30-45(31-33-46)44-18-6-3-7-19-44)53-38-39-57-56-28-16-17-29-59(56)62(60(57)42-53,50-22-8-4-9-23-50)51-24-10-5-11-25-51/h4-5,8-17,20-44H,3,6-7,18-19H2,1-2H3. The van der Waals surface area contributed by atoms with Gasteiger partial charge < -0.3 is 4.90 Å². The molecular weight excluding hydrogens is 759 g/mol. The molecule has 1 heteroatoms. The second kappa shape index (κ2) is 16.4. The van der Waals surface area contributed by atoms with Crippen molar-refractivity contribution in [1.29, 1.82) is 0 Å². The fourth-order valence-corrected chi connectivity index (χ4v) is 11.1. The van der Waals surface area contributed by atoms with Gasteiger partial charge in [-0.15, -0.1) is 0 Å². The van der Waals surface area contributed by atoms with Gasteiger partial charge >= 0.3 is 0 Å². The number of fused-ring (bicyclic) bond motifs is 4. The fraction of sp³-hybridized carbons (Fsp3) is 0.161. The van der Waals surface area contributed by atoms with Gasteiger partial charge in [0.15, 0.2) is 0 Å². The highest BCUT2D eigenvalue weighted by Crippen LogP contribution is 2.57. The van der Waals surface area contributed by atoms with E-state index in [1.54, 1.807) is 0 Å². The molecular formula is C62H53N. The van der Waals surface area contributed by atoms with Crippen molar-refractivity contribution in [3.05, 3.63) is 246 Å². The van der Waals surface area contributed by atoms with Crippen molar-refractivity contribution >= 4 is 27.8 Å². The zero-order valence-corrected chi connectivity index (χ0v) is 36.3. The lowest BCUT2D eigenvalue weighted by molar-refractivity contribution is 0.443. The number of nitrogens with zero attached hydrogens (tertiary/aromatic N) is 1. The molecule has 0 bridgehead atoms. The van der Waals surface area contributed by atoms with Crippen LogP contribution in [0.4, 0.5) is 17.1 Å². The summed E-state index contributed by atoms with van der Waals surface area (Å²) in [6.45, 7) is 4.62. The minimum atomic E-state index is -0.514. The van der Waals surface area contributed by atoms with Gasteiger partial charge in [0, 0.05) is 16.9 Å². The van der Waals surface area contributed by atoms with Gasteiger partial charge in [-0.3, -0.25) is 0 Å². The Hall–Kier alpha value is -6.96. The summed E-state index contributed by atoms with van der Waals surface area (Å²) in [6, 6.07) is 80.0. The summed E-state index contributed by atoms with van der Waals surface area (Å²) >= 11 is 0. The number of anilines is 3. The molecule has 0 aromatic heterocycles. The highest BCUT2D eigenvalue weighted by molar-refractivity contribution is 6.00. The lowest BCUT2D eigenvalue weighted by Crippen LogP contribution is -2.28. The predicted octanol–water partition coefficient (Wildman–Crippen LogP) is 17.2. The Bertz CT molecular complexity index is 3010. The molecule has 2 aliphatic rings. The average molecular weight is 812 g/mol. The molecule has 0 unspecified atom stereocenters. The highest BCUT2D eigenvalue weighted by atomic mass is 15.1. The van der Waals surface area contributed by atoms with Gasteiger partial charge in [-0.05, 0) is 133 Å². The van der Waals surface area contributed by atoms with E-state index in [1.807, 2.05) is 0 Å². The molecule has 0 saturated heterocycles. The van der Waals surface area contributed by atoms with Crippen LogP contribution in [0.1, 0.15) is 91.2 Å². The van der Waals surface area contributed by atoms with E-state index in [-0.39, 0.29) is 0 Å². The maximum atomic E-state index is 2.53. The van der Waals surface area contributed by atoms with Crippen molar-refractivity contribution in [2.24, 2.45) is 0 Å². The number of hydrogen-bond donors (Lipinski definition) is 0.